The molecule has 4 aromatic rings. The van der Waals surface area contributed by atoms with Gasteiger partial charge in [-0.25, -0.2) is 0 Å². The Hall–Kier alpha value is -2.41. The lowest BCUT2D eigenvalue weighted by Gasteiger charge is -2.07. The van der Waals surface area contributed by atoms with Crippen molar-refractivity contribution >= 4 is 32.3 Å². The molecule has 0 N–H and O–H groups in total. The summed E-state index contributed by atoms with van der Waals surface area (Å²) in [4.78, 5) is 4.38. The Kier molecular flexibility index (Phi) is 2.10. The predicted molar refractivity (Wildman–Crippen MR) is 81.5 cm³/mol. The summed E-state index contributed by atoms with van der Waals surface area (Å²) in [5.41, 5.74) is 1.09. The fourth-order valence-electron chi connectivity index (χ4n) is 2.83. The van der Waals surface area contributed by atoms with Crippen LogP contribution < -0.4 is 0 Å². The molecule has 1 heterocycles. The topological polar surface area (TPSA) is 12.9 Å². The number of pyridine rings is 1. The van der Waals surface area contributed by atoms with E-state index in [2.05, 4.69) is 66.5 Å². The van der Waals surface area contributed by atoms with Crippen LogP contribution in [0.3, 0.4) is 0 Å². The van der Waals surface area contributed by atoms with Crippen LogP contribution in [0.2, 0.25) is 0 Å². The van der Waals surface area contributed by atoms with Crippen molar-refractivity contribution in [2.24, 2.45) is 0 Å². The highest BCUT2D eigenvalue weighted by molar-refractivity contribution is 6.12. The molecule has 19 heavy (non-hydrogen) atoms. The van der Waals surface area contributed by atoms with Gasteiger partial charge in [-0.1, -0.05) is 36.4 Å². The normalized spacial score (nSPS) is 11.4. The quantitative estimate of drug-likeness (QED) is 0.318. The molecular weight excluding hydrogens is 230 g/mol. The molecule has 0 bridgehead atoms. The first kappa shape index (κ1) is 10.5. The zero-order chi connectivity index (χ0) is 12.8. The van der Waals surface area contributed by atoms with Gasteiger partial charge in [-0.05, 0) is 52.1 Å². The molecule has 3 aromatic carbocycles. The Balaban J connectivity index is 2.26. The Bertz CT molecular complexity index is 922. The molecule has 4 rings (SSSR count). The van der Waals surface area contributed by atoms with Crippen molar-refractivity contribution in [3.05, 3.63) is 66.5 Å². The number of aromatic nitrogens is 1. The summed E-state index contributed by atoms with van der Waals surface area (Å²) in [5, 5.41) is 7.71. The first-order valence-electron chi connectivity index (χ1n) is 6.50. The lowest BCUT2D eigenvalue weighted by atomic mass is 9.98. The van der Waals surface area contributed by atoms with Gasteiger partial charge in [0.2, 0.25) is 0 Å². The third-order valence-corrected chi connectivity index (χ3v) is 3.83. The van der Waals surface area contributed by atoms with Crippen LogP contribution in [-0.4, -0.2) is 4.98 Å². The van der Waals surface area contributed by atoms with E-state index in [0.29, 0.717) is 0 Å². The molecule has 1 heteroatoms. The Morgan fingerprint density at radius 3 is 2.32 bits per heavy atom. The van der Waals surface area contributed by atoms with Crippen molar-refractivity contribution in [1.82, 2.24) is 4.98 Å². The molecule has 90 valence electrons. The maximum absolute atomic E-state index is 4.38. The van der Waals surface area contributed by atoms with Crippen molar-refractivity contribution < 1.29 is 0 Å². The largest absolute Gasteiger partial charge is 0.261 e. The Morgan fingerprint density at radius 2 is 1.47 bits per heavy atom. The number of nitrogens with zero attached hydrogens (tertiary/aromatic N) is 1. The summed E-state index contributed by atoms with van der Waals surface area (Å²) < 4.78 is 0. The van der Waals surface area contributed by atoms with Crippen molar-refractivity contribution in [2.45, 2.75) is 6.92 Å². The molecule has 0 aliphatic rings. The highest BCUT2D eigenvalue weighted by Crippen LogP contribution is 2.30. The number of aryl methyl sites for hydroxylation is 1. The van der Waals surface area contributed by atoms with E-state index in [9.17, 15) is 0 Å². The van der Waals surface area contributed by atoms with Gasteiger partial charge in [-0.3, -0.25) is 4.98 Å². The molecule has 1 aromatic heterocycles. The third kappa shape index (κ3) is 1.52. The van der Waals surface area contributed by atoms with Crippen LogP contribution in [0.5, 0.6) is 0 Å². The van der Waals surface area contributed by atoms with Gasteiger partial charge in [0, 0.05) is 17.3 Å². The van der Waals surface area contributed by atoms with Crippen molar-refractivity contribution in [1.29, 1.82) is 0 Å². The second-order valence-corrected chi connectivity index (χ2v) is 4.98. The molecule has 0 aliphatic heterocycles. The average molecular weight is 243 g/mol. The number of benzene rings is 3. The molecule has 0 saturated carbocycles. The van der Waals surface area contributed by atoms with Gasteiger partial charge in [0.15, 0.2) is 0 Å². The third-order valence-electron chi connectivity index (χ3n) is 3.83. The highest BCUT2D eigenvalue weighted by Gasteiger charge is 2.04. The molecule has 0 unspecified atom stereocenters. The van der Waals surface area contributed by atoms with E-state index in [1.54, 1.807) is 0 Å². The van der Waals surface area contributed by atoms with Crippen molar-refractivity contribution in [3.63, 3.8) is 0 Å². The average Bonchev–Trinajstić information content (AvgIpc) is 2.45. The summed E-state index contributed by atoms with van der Waals surface area (Å²) in [7, 11) is 0. The molecule has 0 amide bonds. The SMILES string of the molecule is Cc1nccc2c1ccc1cc3ccccc3cc12. The maximum atomic E-state index is 4.38. The summed E-state index contributed by atoms with van der Waals surface area (Å²) in [6.45, 7) is 2.06. The van der Waals surface area contributed by atoms with E-state index in [-0.39, 0.29) is 0 Å². The molecular formula is C18H13N. The van der Waals surface area contributed by atoms with Gasteiger partial charge in [0.25, 0.3) is 0 Å². The Morgan fingerprint density at radius 1 is 0.684 bits per heavy atom. The highest BCUT2D eigenvalue weighted by atomic mass is 14.7. The number of hydrogen-bond acceptors (Lipinski definition) is 1. The Labute approximate surface area is 111 Å². The van der Waals surface area contributed by atoms with Gasteiger partial charge in [-0.2, -0.15) is 0 Å². The van der Waals surface area contributed by atoms with Gasteiger partial charge in [0.1, 0.15) is 0 Å². The molecule has 0 fully saturated rings. The van der Waals surface area contributed by atoms with Gasteiger partial charge >= 0.3 is 0 Å². The summed E-state index contributed by atoms with van der Waals surface area (Å²) in [6, 6.07) is 19.5. The summed E-state index contributed by atoms with van der Waals surface area (Å²) in [5.74, 6) is 0. The smallest absolute Gasteiger partial charge is 0.0451 e. The van der Waals surface area contributed by atoms with E-state index in [1.807, 2.05) is 6.20 Å². The molecule has 0 radical (unpaired) electrons. The minimum Gasteiger partial charge on any atom is -0.261 e. The van der Waals surface area contributed by atoms with E-state index in [0.717, 1.165) is 5.69 Å². The van der Waals surface area contributed by atoms with Crippen LogP contribution >= 0.6 is 0 Å². The fourth-order valence-corrected chi connectivity index (χ4v) is 2.83. The van der Waals surface area contributed by atoms with Crippen LogP contribution in [0.25, 0.3) is 32.3 Å². The minimum absolute atomic E-state index is 1.09. The van der Waals surface area contributed by atoms with Gasteiger partial charge in [0.05, 0.1) is 0 Å². The first-order chi connectivity index (χ1) is 9.33. The zero-order valence-corrected chi connectivity index (χ0v) is 10.7. The van der Waals surface area contributed by atoms with Crippen LogP contribution in [0.1, 0.15) is 5.69 Å². The van der Waals surface area contributed by atoms with Gasteiger partial charge < -0.3 is 0 Å². The van der Waals surface area contributed by atoms with Crippen LogP contribution in [-0.2, 0) is 0 Å². The van der Waals surface area contributed by atoms with Crippen LogP contribution in [0.4, 0.5) is 0 Å². The van der Waals surface area contributed by atoms with E-state index >= 15 is 0 Å². The second-order valence-electron chi connectivity index (χ2n) is 4.98. The molecule has 0 spiro atoms. The maximum Gasteiger partial charge on any atom is 0.0451 e. The van der Waals surface area contributed by atoms with Gasteiger partial charge in [-0.15, -0.1) is 0 Å². The molecule has 0 saturated heterocycles. The second kappa shape index (κ2) is 3.79. The van der Waals surface area contributed by atoms with Crippen LogP contribution in [0.15, 0.2) is 60.8 Å². The zero-order valence-electron chi connectivity index (χ0n) is 10.7. The van der Waals surface area contributed by atoms with E-state index in [1.165, 1.54) is 32.3 Å². The minimum atomic E-state index is 1.09. The number of fused-ring (bicyclic) bond motifs is 4. The predicted octanol–water partition coefficient (Wildman–Crippen LogP) is 4.85. The number of hydrogen-bond donors (Lipinski definition) is 0. The molecule has 0 atom stereocenters. The molecule has 0 aliphatic carbocycles. The lowest BCUT2D eigenvalue weighted by molar-refractivity contribution is 1.24. The van der Waals surface area contributed by atoms with Crippen molar-refractivity contribution in [2.75, 3.05) is 0 Å². The van der Waals surface area contributed by atoms with E-state index < -0.39 is 0 Å². The first-order valence-corrected chi connectivity index (χ1v) is 6.50. The fraction of sp³-hybridized carbons (Fsp3) is 0.0556. The van der Waals surface area contributed by atoms with E-state index in [4.69, 9.17) is 0 Å². The summed E-state index contributed by atoms with van der Waals surface area (Å²) >= 11 is 0. The lowest BCUT2D eigenvalue weighted by Crippen LogP contribution is -1.85. The van der Waals surface area contributed by atoms with Crippen LogP contribution in [0, 0.1) is 6.92 Å². The standard InChI is InChI=1S/C18H13N/c1-12-16-7-6-15-10-13-4-2-3-5-14(13)11-18(15)17(16)8-9-19-12/h2-11H,1H3. The monoisotopic (exact) mass is 243 g/mol. The number of rotatable bonds is 0. The molecule has 1 nitrogen and oxygen atoms in total. The van der Waals surface area contributed by atoms with Crippen molar-refractivity contribution in [3.8, 4) is 0 Å². The summed E-state index contributed by atoms with van der Waals surface area (Å²) in [6.07, 6.45) is 1.90.